The van der Waals surface area contributed by atoms with E-state index in [0.29, 0.717) is 23.6 Å². The van der Waals surface area contributed by atoms with Crippen molar-refractivity contribution in [2.75, 3.05) is 27.9 Å². The van der Waals surface area contributed by atoms with Crippen molar-refractivity contribution in [1.29, 1.82) is 0 Å². The predicted octanol–water partition coefficient (Wildman–Crippen LogP) is 1.16. The summed E-state index contributed by atoms with van der Waals surface area (Å²) in [5.41, 5.74) is 1.26. The Kier molecular flexibility index (Phi) is 6.52. The molecule has 1 heterocycles. The average molecular weight is 435 g/mol. The van der Waals surface area contributed by atoms with Crippen LogP contribution in [0, 0.1) is 0 Å². The first kappa shape index (κ1) is 22.2. The molecule has 0 radical (unpaired) electrons. The molecule has 0 bridgehead atoms. The third-order valence-corrected chi connectivity index (χ3v) is 5.37. The van der Waals surface area contributed by atoms with Crippen molar-refractivity contribution >= 4 is 23.8 Å². The van der Waals surface area contributed by atoms with Gasteiger partial charge in [-0.3, -0.25) is 15.0 Å². The Hall–Kier alpha value is -3.50. The zero-order valence-corrected chi connectivity index (χ0v) is 17.6. The van der Waals surface area contributed by atoms with E-state index in [9.17, 15) is 19.2 Å². The molecule has 31 heavy (non-hydrogen) atoms. The molecule has 1 saturated carbocycles. The normalized spacial score (nSPS) is 17.2. The van der Waals surface area contributed by atoms with Crippen LogP contribution < -0.4 is 25.0 Å². The first-order valence-electron chi connectivity index (χ1n) is 9.78. The molecule has 11 nitrogen and oxygen atoms in total. The number of methoxy groups -OCH3 is 3. The van der Waals surface area contributed by atoms with Crippen LogP contribution in [0.5, 0.6) is 17.2 Å². The summed E-state index contributed by atoms with van der Waals surface area (Å²) in [7, 11) is 4.21. The van der Waals surface area contributed by atoms with Crippen LogP contribution >= 0.6 is 0 Å². The fourth-order valence-corrected chi connectivity index (χ4v) is 3.77. The summed E-state index contributed by atoms with van der Waals surface area (Å²) in [6, 6.07) is 2.11. The highest BCUT2D eigenvalue weighted by molar-refractivity contribution is 6.08. The molecule has 1 aliphatic heterocycles. The summed E-state index contributed by atoms with van der Waals surface area (Å²) < 4.78 is 20.5. The Bertz CT molecular complexity index is 895. The van der Waals surface area contributed by atoms with Crippen molar-refractivity contribution < 1.29 is 38.1 Å². The molecule has 0 aromatic heterocycles. The fourth-order valence-electron chi connectivity index (χ4n) is 3.77. The van der Waals surface area contributed by atoms with Gasteiger partial charge in [0.25, 0.3) is 11.8 Å². The van der Waals surface area contributed by atoms with Crippen LogP contribution in [0.25, 0.3) is 0 Å². The molecule has 1 aromatic rings. The van der Waals surface area contributed by atoms with Gasteiger partial charge < -0.3 is 24.3 Å². The maximum atomic E-state index is 12.7. The quantitative estimate of drug-likeness (QED) is 0.482. The third-order valence-electron chi connectivity index (χ3n) is 5.37. The lowest BCUT2D eigenvalue weighted by molar-refractivity contribution is -0.140. The van der Waals surface area contributed by atoms with Gasteiger partial charge in [-0.25, -0.2) is 9.59 Å². The largest absolute Gasteiger partial charge is 0.496 e. The first-order valence-corrected chi connectivity index (χ1v) is 9.78. The molecule has 2 aliphatic rings. The summed E-state index contributed by atoms with van der Waals surface area (Å²) in [5.74, 6) is -1.39. The molecule has 0 unspecified atom stereocenters. The van der Waals surface area contributed by atoms with Gasteiger partial charge in [-0.05, 0) is 12.8 Å². The number of hydrogen-bond acceptors (Lipinski definition) is 8. The molecule has 1 saturated heterocycles. The van der Waals surface area contributed by atoms with Crippen molar-refractivity contribution in [3.63, 3.8) is 0 Å². The Morgan fingerprint density at radius 1 is 1.00 bits per heavy atom. The minimum Gasteiger partial charge on any atom is -0.496 e. The van der Waals surface area contributed by atoms with Crippen molar-refractivity contribution in [2.24, 2.45) is 0 Å². The second-order valence-electron chi connectivity index (χ2n) is 7.23. The predicted molar refractivity (Wildman–Crippen MR) is 106 cm³/mol. The second-order valence-corrected chi connectivity index (χ2v) is 7.23. The molecule has 0 atom stereocenters. The molecule has 1 aliphatic carbocycles. The Labute approximate surface area is 178 Å². The van der Waals surface area contributed by atoms with Crippen LogP contribution in [0.1, 0.15) is 42.5 Å². The van der Waals surface area contributed by atoms with Crippen molar-refractivity contribution in [3.8, 4) is 17.2 Å². The first-order chi connectivity index (χ1) is 14.8. The highest BCUT2D eigenvalue weighted by Gasteiger charge is 2.52. The lowest BCUT2D eigenvalue weighted by Crippen LogP contribution is -2.51. The maximum absolute atomic E-state index is 12.7. The second kappa shape index (κ2) is 9.11. The van der Waals surface area contributed by atoms with E-state index in [-0.39, 0.29) is 17.1 Å². The van der Waals surface area contributed by atoms with Gasteiger partial charge in [0, 0.05) is 12.1 Å². The minimum absolute atomic E-state index is 0.0177. The number of amides is 4. The molecular weight excluding hydrogens is 410 g/mol. The molecule has 4 amide bonds. The van der Waals surface area contributed by atoms with E-state index in [1.54, 1.807) is 0 Å². The van der Waals surface area contributed by atoms with E-state index in [1.165, 1.54) is 33.5 Å². The topological polar surface area (TPSA) is 132 Å². The SMILES string of the molecule is COc1cc(OC)c(C(=O)OCC(=O)NN2C(=O)NC3(CCCCC3)C2=O)cc1OC. The van der Waals surface area contributed by atoms with Gasteiger partial charge >= 0.3 is 12.0 Å². The summed E-state index contributed by atoms with van der Waals surface area (Å²) in [6.07, 6.45) is 3.68. The molecule has 1 spiro atoms. The van der Waals surface area contributed by atoms with E-state index in [4.69, 9.17) is 18.9 Å². The van der Waals surface area contributed by atoms with E-state index < -0.39 is 36.0 Å². The molecule has 2 N–H and O–H groups in total. The number of esters is 1. The lowest BCUT2D eigenvalue weighted by atomic mass is 9.82. The number of nitrogens with one attached hydrogen (secondary N) is 2. The van der Waals surface area contributed by atoms with Crippen LogP contribution in [0.2, 0.25) is 0 Å². The van der Waals surface area contributed by atoms with Gasteiger partial charge in [-0.1, -0.05) is 19.3 Å². The Morgan fingerprint density at radius 2 is 1.61 bits per heavy atom. The molecule has 168 valence electrons. The van der Waals surface area contributed by atoms with Crippen LogP contribution in [0.3, 0.4) is 0 Å². The number of hydrazine groups is 1. The van der Waals surface area contributed by atoms with E-state index in [0.717, 1.165) is 19.3 Å². The number of nitrogens with zero attached hydrogens (tertiary/aromatic N) is 1. The molecule has 1 aromatic carbocycles. The molecule has 2 fully saturated rings. The molecular formula is C20H25N3O8. The summed E-state index contributed by atoms with van der Waals surface area (Å²) in [6.45, 7) is -0.708. The summed E-state index contributed by atoms with van der Waals surface area (Å²) in [5, 5.41) is 3.33. The van der Waals surface area contributed by atoms with Crippen molar-refractivity contribution in [1.82, 2.24) is 15.8 Å². The Balaban J connectivity index is 1.63. The van der Waals surface area contributed by atoms with Gasteiger partial charge in [-0.15, -0.1) is 0 Å². The maximum Gasteiger partial charge on any atom is 0.344 e. The zero-order chi connectivity index (χ0) is 22.6. The van der Waals surface area contributed by atoms with E-state index in [2.05, 4.69) is 10.7 Å². The summed E-state index contributed by atoms with van der Waals surface area (Å²) in [4.78, 5) is 49.6. The standard InChI is InChI=1S/C20H25N3O8/c1-28-13-10-15(30-3)14(29-2)9-12(13)17(25)31-11-16(24)22-23-18(26)20(21-19(23)27)7-5-4-6-8-20/h9-10H,4-8,11H2,1-3H3,(H,21,27)(H,22,24). The number of carbonyl (C=O) groups is 4. The lowest BCUT2D eigenvalue weighted by Gasteiger charge is -2.30. The monoisotopic (exact) mass is 435 g/mol. The number of rotatable bonds is 7. The number of imide groups is 1. The van der Waals surface area contributed by atoms with Crippen molar-refractivity contribution in [3.05, 3.63) is 17.7 Å². The minimum atomic E-state index is -0.966. The Morgan fingerprint density at radius 3 is 2.23 bits per heavy atom. The van der Waals surface area contributed by atoms with E-state index >= 15 is 0 Å². The number of carbonyl (C=O) groups excluding carboxylic acids is 4. The summed E-state index contributed by atoms with van der Waals surface area (Å²) >= 11 is 0. The number of benzene rings is 1. The van der Waals surface area contributed by atoms with Crippen LogP contribution in [-0.2, 0) is 14.3 Å². The smallest absolute Gasteiger partial charge is 0.344 e. The molecule has 11 heteroatoms. The third kappa shape index (κ3) is 4.35. The number of ether oxygens (including phenoxy) is 4. The van der Waals surface area contributed by atoms with Crippen LogP contribution in [0.4, 0.5) is 4.79 Å². The van der Waals surface area contributed by atoms with Gasteiger partial charge in [0.1, 0.15) is 16.9 Å². The van der Waals surface area contributed by atoms with Gasteiger partial charge in [0.15, 0.2) is 18.1 Å². The number of hydrogen-bond donors (Lipinski definition) is 2. The van der Waals surface area contributed by atoms with Crippen LogP contribution in [0.15, 0.2) is 12.1 Å². The van der Waals surface area contributed by atoms with E-state index in [1.807, 2.05) is 0 Å². The zero-order valence-electron chi connectivity index (χ0n) is 17.6. The van der Waals surface area contributed by atoms with Gasteiger partial charge in [0.05, 0.1) is 21.3 Å². The highest BCUT2D eigenvalue weighted by atomic mass is 16.5. The van der Waals surface area contributed by atoms with Gasteiger partial charge in [-0.2, -0.15) is 5.01 Å². The van der Waals surface area contributed by atoms with Gasteiger partial charge in [0.2, 0.25) is 0 Å². The number of urea groups is 1. The average Bonchev–Trinajstić information content (AvgIpc) is 3.00. The van der Waals surface area contributed by atoms with Crippen molar-refractivity contribution in [2.45, 2.75) is 37.6 Å². The highest BCUT2D eigenvalue weighted by Crippen LogP contribution is 2.35. The van der Waals surface area contributed by atoms with Crippen LogP contribution in [-0.4, -0.2) is 62.3 Å². The fraction of sp³-hybridized carbons (Fsp3) is 0.500. The molecule has 3 rings (SSSR count).